The fourth-order valence-electron chi connectivity index (χ4n) is 10.1. The summed E-state index contributed by atoms with van der Waals surface area (Å²) in [6, 6.07) is 87.8. The van der Waals surface area contributed by atoms with E-state index >= 15 is 0 Å². The Hall–Kier alpha value is -8.66. The second kappa shape index (κ2) is 15.0. The molecule has 0 unspecified atom stereocenters. The summed E-state index contributed by atoms with van der Waals surface area (Å²) in [4.78, 5) is 2.38. The van der Waals surface area contributed by atoms with Crippen molar-refractivity contribution >= 4 is 82.4 Å². The quantitative estimate of drug-likeness (QED) is 0.149. The molecule has 304 valence electrons. The van der Waals surface area contributed by atoms with Gasteiger partial charge in [0.25, 0.3) is 0 Å². The molecule has 3 heteroatoms. The lowest BCUT2D eigenvalue weighted by atomic mass is 9.98. The Bertz CT molecular complexity index is 3900. The van der Waals surface area contributed by atoms with Gasteiger partial charge in [0.05, 0.1) is 16.7 Å². The zero-order valence-electron chi connectivity index (χ0n) is 35.4. The highest BCUT2D eigenvalue weighted by molar-refractivity contribution is 6.11. The van der Waals surface area contributed by atoms with Gasteiger partial charge < -0.3 is 13.9 Å². The standard InChI is InChI=1S/C62H40N2O/c1-2-15-51-42(12-1)24-25-47-39-50(35-37-52(47)51)63(48-31-26-41(27-32-48)44-13-11-14-45(38-44)46-30-36-57-56-19-6-10-23-61(56)65-62(57)40-46)49-33-28-43(29-34-49)53-16-3-7-20-58(53)64-59-21-8-4-17-54(59)55-18-5-9-22-60(55)64/h1-40H. The zero-order chi connectivity index (χ0) is 42.8. The Kier molecular flexibility index (Phi) is 8.53. The Morgan fingerprint density at radius 2 is 0.815 bits per heavy atom. The summed E-state index contributed by atoms with van der Waals surface area (Å²) in [5.41, 5.74) is 15.6. The van der Waals surface area contributed by atoms with Crippen molar-refractivity contribution in [3.63, 3.8) is 0 Å². The van der Waals surface area contributed by atoms with Crippen LogP contribution in [0.15, 0.2) is 247 Å². The van der Waals surface area contributed by atoms with Gasteiger partial charge in [-0.05, 0) is 128 Å². The molecule has 0 fully saturated rings. The minimum Gasteiger partial charge on any atom is -0.456 e. The van der Waals surface area contributed by atoms with Gasteiger partial charge in [-0.1, -0.05) is 164 Å². The monoisotopic (exact) mass is 828 g/mol. The third-order valence-electron chi connectivity index (χ3n) is 13.2. The maximum absolute atomic E-state index is 6.25. The van der Waals surface area contributed by atoms with Crippen molar-refractivity contribution in [2.24, 2.45) is 0 Å². The van der Waals surface area contributed by atoms with E-state index in [4.69, 9.17) is 4.42 Å². The van der Waals surface area contributed by atoms with Crippen LogP contribution in [0.2, 0.25) is 0 Å². The lowest BCUT2D eigenvalue weighted by molar-refractivity contribution is 0.669. The van der Waals surface area contributed by atoms with Gasteiger partial charge in [-0.3, -0.25) is 0 Å². The number of hydrogen-bond acceptors (Lipinski definition) is 2. The van der Waals surface area contributed by atoms with Gasteiger partial charge in [0.1, 0.15) is 11.2 Å². The molecule has 0 atom stereocenters. The van der Waals surface area contributed by atoms with Crippen molar-refractivity contribution in [3.8, 4) is 39.1 Å². The van der Waals surface area contributed by atoms with Gasteiger partial charge in [-0.2, -0.15) is 0 Å². The number of benzene rings is 11. The second-order valence-corrected chi connectivity index (χ2v) is 16.9. The van der Waals surface area contributed by atoms with E-state index in [9.17, 15) is 0 Å². The van der Waals surface area contributed by atoms with E-state index in [0.29, 0.717) is 0 Å². The van der Waals surface area contributed by atoms with Crippen LogP contribution in [-0.4, -0.2) is 4.57 Å². The summed E-state index contributed by atoms with van der Waals surface area (Å²) in [6.07, 6.45) is 0. The topological polar surface area (TPSA) is 21.3 Å². The minimum absolute atomic E-state index is 0.904. The molecule has 65 heavy (non-hydrogen) atoms. The third-order valence-corrected chi connectivity index (χ3v) is 13.2. The first kappa shape index (κ1) is 36.9. The first-order valence-electron chi connectivity index (χ1n) is 22.2. The fourth-order valence-corrected chi connectivity index (χ4v) is 10.1. The predicted octanol–water partition coefficient (Wildman–Crippen LogP) is 17.5. The highest BCUT2D eigenvalue weighted by Crippen LogP contribution is 2.41. The number of para-hydroxylation sites is 4. The highest BCUT2D eigenvalue weighted by atomic mass is 16.3. The van der Waals surface area contributed by atoms with Crippen LogP contribution in [-0.2, 0) is 0 Å². The van der Waals surface area contributed by atoms with Crippen LogP contribution < -0.4 is 4.90 Å². The molecule has 13 aromatic rings. The molecule has 2 heterocycles. The average Bonchev–Trinajstić information content (AvgIpc) is 3.92. The second-order valence-electron chi connectivity index (χ2n) is 16.9. The van der Waals surface area contributed by atoms with Crippen molar-refractivity contribution < 1.29 is 4.42 Å². The van der Waals surface area contributed by atoms with Gasteiger partial charge in [0.15, 0.2) is 0 Å². The Labute approximate surface area is 376 Å². The number of rotatable bonds is 7. The molecule has 13 rings (SSSR count). The molecule has 0 aliphatic carbocycles. The van der Waals surface area contributed by atoms with Gasteiger partial charge in [0, 0.05) is 44.2 Å². The lowest BCUT2D eigenvalue weighted by Gasteiger charge is -2.26. The van der Waals surface area contributed by atoms with Crippen LogP contribution >= 0.6 is 0 Å². The molecule has 11 aromatic carbocycles. The summed E-state index contributed by atoms with van der Waals surface area (Å²) in [5.74, 6) is 0. The van der Waals surface area contributed by atoms with Gasteiger partial charge in [-0.15, -0.1) is 0 Å². The fraction of sp³-hybridized carbons (Fsp3) is 0. The largest absolute Gasteiger partial charge is 0.456 e. The number of furan rings is 1. The smallest absolute Gasteiger partial charge is 0.136 e. The molecule has 0 spiro atoms. The number of nitrogens with zero attached hydrogens (tertiary/aromatic N) is 2. The molecular weight excluding hydrogens is 789 g/mol. The van der Waals surface area contributed by atoms with Crippen molar-refractivity contribution in [2.45, 2.75) is 0 Å². The maximum Gasteiger partial charge on any atom is 0.136 e. The van der Waals surface area contributed by atoms with E-state index in [-0.39, 0.29) is 0 Å². The van der Waals surface area contributed by atoms with Gasteiger partial charge in [-0.25, -0.2) is 0 Å². The summed E-state index contributed by atoms with van der Waals surface area (Å²) in [6.45, 7) is 0. The molecular formula is C62H40N2O. The van der Waals surface area contributed by atoms with Crippen LogP contribution in [0.5, 0.6) is 0 Å². The molecule has 0 saturated carbocycles. The third kappa shape index (κ3) is 6.20. The molecule has 0 N–H and O–H groups in total. The van der Waals surface area contributed by atoms with Crippen LogP contribution in [0.1, 0.15) is 0 Å². The van der Waals surface area contributed by atoms with Crippen LogP contribution in [0.25, 0.3) is 104 Å². The van der Waals surface area contributed by atoms with E-state index in [2.05, 4.69) is 240 Å². The molecule has 0 radical (unpaired) electrons. The highest BCUT2D eigenvalue weighted by Gasteiger charge is 2.18. The summed E-state index contributed by atoms with van der Waals surface area (Å²) >= 11 is 0. The average molecular weight is 829 g/mol. The number of hydrogen-bond donors (Lipinski definition) is 0. The van der Waals surface area contributed by atoms with Crippen LogP contribution in [0.3, 0.4) is 0 Å². The Morgan fingerprint density at radius 3 is 1.58 bits per heavy atom. The van der Waals surface area contributed by atoms with Crippen LogP contribution in [0.4, 0.5) is 17.1 Å². The molecule has 0 aliphatic rings. The van der Waals surface area contributed by atoms with Crippen molar-refractivity contribution in [1.82, 2.24) is 4.57 Å². The Morgan fingerprint density at radius 1 is 0.292 bits per heavy atom. The molecule has 0 saturated heterocycles. The summed E-state index contributed by atoms with van der Waals surface area (Å²) < 4.78 is 8.66. The van der Waals surface area contributed by atoms with Crippen molar-refractivity contribution in [1.29, 1.82) is 0 Å². The first-order chi connectivity index (χ1) is 32.2. The lowest BCUT2D eigenvalue weighted by Crippen LogP contribution is -2.10. The molecule has 2 aromatic heterocycles. The van der Waals surface area contributed by atoms with Gasteiger partial charge >= 0.3 is 0 Å². The van der Waals surface area contributed by atoms with Crippen LogP contribution in [0, 0.1) is 0 Å². The van der Waals surface area contributed by atoms with Gasteiger partial charge in [0.2, 0.25) is 0 Å². The molecule has 0 amide bonds. The SMILES string of the molecule is c1cc(-c2ccc(N(c3ccc(-c4ccccc4-n4c5ccccc5c5ccccc54)cc3)c3ccc4c(ccc5ccccc54)c3)cc2)cc(-c2ccc3c(c2)oc2ccccc23)c1. The first-order valence-corrected chi connectivity index (χ1v) is 22.2. The minimum atomic E-state index is 0.904. The van der Waals surface area contributed by atoms with E-state index in [1.165, 1.54) is 48.9 Å². The van der Waals surface area contributed by atoms with E-state index in [1.54, 1.807) is 0 Å². The summed E-state index contributed by atoms with van der Waals surface area (Å²) in [7, 11) is 0. The van der Waals surface area contributed by atoms with E-state index in [1.807, 2.05) is 12.1 Å². The number of anilines is 3. The molecule has 0 aliphatic heterocycles. The normalized spacial score (nSPS) is 11.7. The van der Waals surface area contributed by atoms with Crippen molar-refractivity contribution in [3.05, 3.63) is 243 Å². The van der Waals surface area contributed by atoms with E-state index in [0.717, 1.165) is 72.5 Å². The predicted molar refractivity (Wildman–Crippen MR) is 274 cm³/mol. The molecule has 0 bridgehead atoms. The number of fused-ring (bicyclic) bond motifs is 9. The maximum atomic E-state index is 6.25. The van der Waals surface area contributed by atoms with E-state index < -0.39 is 0 Å². The zero-order valence-corrected chi connectivity index (χ0v) is 35.4. The summed E-state index contributed by atoms with van der Waals surface area (Å²) in [5, 5.41) is 9.76. The van der Waals surface area contributed by atoms with Crippen molar-refractivity contribution in [2.75, 3.05) is 4.90 Å². The Balaban J connectivity index is 0.890. The number of aromatic nitrogens is 1. The molecule has 3 nitrogen and oxygen atoms in total.